The number of esters is 1. The quantitative estimate of drug-likeness (QED) is 0.420. The van der Waals surface area contributed by atoms with E-state index in [4.69, 9.17) is 4.74 Å². The number of unbranched alkanes of at least 4 members (excludes halogenated alkanes) is 1. The second kappa shape index (κ2) is 9.60. The molecule has 0 atom stereocenters. The molecule has 0 aliphatic rings. The Morgan fingerprint density at radius 3 is 2.46 bits per heavy atom. The van der Waals surface area contributed by atoms with Crippen molar-refractivity contribution in [3.8, 4) is 0 Å². The van der Waals surface area contributed by atoms with Gasteiger partial charge in [-0.1, -0.05) is 73.2 Å². The third kappa shape index (κ3) is 5.36. The van der Waals surface area contributed by atoms with Crippen molar-refractivity contribution in [1.29, 1.82) is 0 Å². The molecule has 3 aromatic rings. The van der Waals surface area contributed by atoms with E-state index in [0.717, 1.165) is 24.8 Å². The van der Waals surface area contributed by atoms with Crippen LogP contribution in [0.3, 0.4) is 0 Å². The van der Waals surface area contributed by atoms with Gasteiger partial charge in [-0.15, -0.1) is 5.10 Å². The van der Waals surface area contributed by atoms with Gasteiger partial charge in [-0.2, -0.15) is 0 Å². The summed E-state index contributed by atoms with van der Waals surface area (Å²) in [5, 5.41) is 7.76. The van der Waals surface area contributed by atoms with E-state index in [1.807, 2.05) is 42.5 Å². The topological polar surface area (TPSA) is 74.1 Å². The second-order valence-electron chi connectivity index (χ2n) is 6.59. The molecule has 0 bridgehead atoms. The minimum Gasteiger partial charge on any atom is -0.452 e. The maximum absolute atomic E-state index is 12.2. The zero-order chi connectivity index (χ0) is 19.8. The summed E-state index contributed by atoms with van der Waals surface area (Å²) in [7, 11) is 0. The van der Waals surface area contributed by atoms with Crippen LogP contribution >= 0.6 is 0 Å². The molecule has 3 rings (SSSR count). The summed E-state index contributed by atoms with van der Waals surface area (Å²) in [4.78, 5) is 24.4. The van der Waals surface area contributed by atoms with Crippen molar-refractivity contribution in [2.45, 2.75) is 32.7 Å². The first kappa shape index (κ1) is 19.5. The van der Waals surface area contributed by atoms with Gasteiger partial charge in [0, 0.05) is 5.56 Å². The van der Waals surface area contributed by atoms with Gasteiger partial charge < -0.3 is 4.74 Å². The Balaban J connectivity index is 1.51. The number of carbonyl (C=O) groups excluding carboxylic acids is 2. The van der Waals surface area contributed by atoms with Crippen molar-refractivity contribution in [2.24, 2.45) is 0 Å². The number of carbonyl (C=O) groups is 2. The summed E-state index contributed by atoms with van der Waals surface area (Å²) in [5.74, 6) is -0.903. The lowest BCUT2D eigenvalue weighted by Gasteiger charge is -2.04. The number of aryl methyl sites for hydroxylation is 1. The lowest BCUT2D eigenvalue weighted by Crippen LogP contribution is -2.14. The molecule has 0 radical (unpaired) electrons. The first-order valence-corrected chi connectivity index (χ1v) is 9.39. The first-order chi connectivity index (χ1) is 13.7. The third-order valence-corrected chi connectivity index (χ3v) is 4.36. The summed E-state index contributed by atoms with van der Waals surface area (Å²) >= 11 is 0. The van der Waals surface area contributed by atoms with Gasteiger partial charge in [0.15, 0.2) is 18.1 Å². The van der Waals surface area contributed by atoms with Crippen molar-refractivity contribution in [1.82, 2.24) is 15.0 Å². The Bertz CT molecular complexity index is 918. The van der Waals surface area contributed by atoms with E-state index in [0.29, 0.717) is 12.1 Å². The largest absolute Gasteiger partial charge is 0.452 e. The number of benzene rings is 2. The molecular formula is C22H23N3O3. The molecule has 0 amide bonds. The lowest BCUT2D eigenvalue weighted by molar-refractivity contribution is 0.0469. The standard InChI is InChI=1S/C22H23N3O3/c1-2-3-7-17-10-12-19(13-11-17)21(26)16-28-22(27)20-15-25(24-23-20)14-18-8-5-4-6-9-18/h4-6,8-13,15H,2-3,7,14,16H2,1H3. The van der Waals surface area contributed by atoms with E-state index in [2.05, 4.69) is 17.2 Å². The minimum absolute atomic E-state index is 0.0821. The van der Waals surface area contributed by atoms with Gasteiger partial charge in [-0.05, 0) is 24.0 Å². The van der Waals surface area contributed by atoms with Gasteiger partial charge in [0.2, 0.25) is 0 Å². The van der Waals surface area contributed by atoms with Gasteiger partial charge in [0.1, 0.15) is 0 Å². The van der Waals surface area contributed by atoms with Crippen molar-refractivity contribution in [3.63, 3.8) is 0 Å². The average Bonchev–Trinajstić information content (AvgIpc) is 3.20. The summed E-state index contributed by atoms with van der Waals surface area (Å²) < 4.78 is 6.66. The highest BCUT2D eigenvalue weighted by atomic mass is 16.5. The highest BCUT2D eigenvalue weighted by Gasteiger charge is 2.15. The Labute approximate surface area is 164 Å². The maximum Gasteiger partial charge on any atom is 0.360 e. The van der Waals surface area contributed by atoms with Crippen LogP contribution < -0.4 is 0 Å². The van der Waals surface area contributed by atoms with Gasteiger partial charge in [0.05, 0.1) is 12.7 Å². The van der Waals surface area contributed by atoms with E-state index < -0.39 is 5.97 Å². The lowest BCUT2D eigenvalue weighted by atomic mass is 10.0. The Morgan fingerprint density at radius 2 is 1.75 bits per heavy atom. The van der Waals surface area contributed by atoms with Crippen LogP contribution in [0, 0.1) is 0 Å². The molecule has 0 saturated heterocycles. The zero-order valence-corrected chi connectivity index (χ0v) is 15.9. The SMILES string of the molecule is CCCCc1ccc(C(=O)COC(=O)c2cn(Cc3ccccc3)nn2)cc1. The first-order valence-electron chi connectivity index (χ1n) is 9.39. The normalized spacial score (nSPS) is 10.6. The average molecular weight is 377 g/mol. The fourth-order valence-electron chi connectivity index (χ4n) is 2.77. The Morgan fingerprint density at radius 1 is 1.00 bits per heavy atom. The van der Waals surface area contributed by atoms with Crippen LogP contribution in [0.4, 0.5) is 0 Å². The number of aromatic nitrogens is 3. The predicted molar refractivity (Wildman–Crippen MR) is 105 cm³/mol. The molecule has 28 heavy (non-hydrogen) atoms. The van der Waals surface area contributed by atoms with Gasteiger partial charge >= 0.3 is 5.97 Å². The fourth-order valence-corrected chi connectivity index (χ4v) is 2.77. The molecule has 6 heteroatoms. The Hall–Kier alpha value is -3.28. The maximum atomic E-state index is 12.2. The van der Waals surface area contributed by atoms with E-state index in [-0.39, 0.29) is 18.1 Å². The van der Waals surface area contributed by atoms with Gasteiger partial charge in [0.25, 0.3) is 0 Å². The zero-order valence-electron chi connectivity index (χ0n) is 15.9. The van der Waals surface area contributed by atoms with Crippen LogP contribution in [0.25, 0.3) is 0 Å². The van der Waals surface area contributed by atoms with Crippen LogP contribution in [0.1, 0.15) is 51.7 Å². The van der Waals surface area contributed by atoms with E-state index >= 15 is 0 Å². The Kier molecular flexibility index (Phi) is 6.68. The molecule has 0 saturated carbocycles. The molecule has 144 valence electrons. The summed E-state index contributed by atoms with van der Waals surface area (Å²) in [6, 6.07) is 17.2. The number of rotatable bonds is 9. The van der Waals surface area contributed by atoms with Crippen molar-refractivity contribution in [3.05, 3.63) is 83.2 Å². The predicted octanol–water partition coefficient (Wildman–Crippen LogP) is 3.71. The van der Waals surface area contributed by atoms with E-state index in [1.165, 1.54) is 11.8 Å². The van der Waals surface area contributed by atoms with Gasteiger partial charge in [-0.3, -0.25) is 4.79 Å². The molecule has 0 fully saturated rings. The molecule has 0 aliphatic heterocycles. The molecule has 2 aromatic carbocycles. The smallest absolute Gasteiger partial charge is 0.360 e. The third-order valence-electron chi connectivity index (χ3n) is 4.36. The van der Waals surface area contributed by atoms with Crippen molar-refractivity contribution in [2.75, 3.05) is 6.61 Å². The minimum atomic E-state index is -0.660. The number of ketones is 1. The van der Waals surface area contributed by atoms with E-state index in [1.54, 1.807) is 16.8 Å². The summed E-state index contributed by atoms with van der Waals surface area (Å²) in [6.07, 6.45) is 4.77. The fraction of sp³-hybridized carbons (Fsp3) is 0.273. The van der Waals surface area contributed by atoms with Crippen LogP contribution in [0.2, 0.25) is 0 Å². The molecular weight excluding hydrogens is 354 g/mol. The number of hydrogen-bond acceptors (Lipinski definition) is 5. The molecule has 1 aromatic heterocycles. The molecule has 0 unspecified atom stereocenters. The van der Waals surface area contributed by atoms with Crippen molar-refractivity contribution < 1.29 is 14.3 Å². The van der Waals surface area contributed by atoms with Gasteiger partial charge in [-0.25, -0.2) is 9.48 Å². The number of Topliss-reactive ketones (excluding diaryl/α,β-unsaturated/α-hetero) is 1. The number of nitrogens with zero attached hydrogens (tertiary/aromatic N) is 3. The number of hydrogen-bond donors (Lipinski definition) is 0. The highest BCUT2D eigenvalue weighted by Crippen LogP contribution is 2.09. The molecule has 1 heterocycles. The molecule has 6 nitrogen and oxygen atoms in total. The van der Waals surface area contributed by atoms with Crippen LogP contribution in [-0.4, -0.2) is 33.4 Å². The molecule has 0 spiro atoms. The molecule has 0 N–H and O–H groups in total. The van der Waals surface area contributed by atoms with Crippen LogP contribution in [0.5, 0.6) is 0 Å². The highest BCUT2D eigenvalue weighted by molar-refractivity contribution is 5.99. The summed E-state index contributed by atoms with van der Waals surface area (Å²) in [5.41, 5.74) is 2.86. The van der Waals surface area contributed by atoms with Crippen LogP contribution in [-0.2, 0) is 17.7 Å². The second-order valence-corrected chi connectivity index (χ2v) is 6.59. The summed E-state index contributed by atoms with van der Waals surface area (Å²) in [6.45, 7) is 2.33. The van der Waals surface area contributed by atoms with Crippen LogP contribution in [0.15, 0.2) is 60.8 Å². The monoisotopic (exact) mass is 377 g/mol. The van der Waals surface area contributed by atoms with E-state index in [9.17, 15) is 9.59 Å². The van der Waals surface area contributed by atoms with Crippen molar-refractivity contribution >= 4 is 11.8 Å². The molecule has 0 aliphatic carbocycles. The number of ether oxygens (including phenoxy) is 1.